The van der Waals surface area contributed by atoms with Gasteiger partial charge in [0.05, 0.1) is 4.90 Å². The number of hydrogen-bond donors (Lipinski definition) is 2. The molecule has 0 spiro atoms. The fourth-order valence-electron chi connectivity index (χ4n) is 1.63. The number of sulfone groups is 1. The van der Waals surface area contributed by atoms with Crippen LogP contribution in [-0.2, 0) is 16.4 Å². The molecular weight excluding hydrogens is 318 g/mol. The lowest BCUT2D eigenvalue weighted by atomic mass is 10.2. The standard InChI is InChI=1S/C15H25N3O2S2/c1-15(2,21-4)11-18-14(16-3)17-10-12-6-8-13(9-7-12)22(5,19)20/h6-9H,10-11H2,1-5H3,(H2,16,17,18). The second kappa shape index (κ2) is 7.87. The van der Waals surface area contributed by atoms with Gasteiger partial charge in [-0.05, 0) is 37.8 Å². The van der Waals surface area contributed by atoms with Gasteiger partial charge in [0, 0.05) is 31.1 Å². The van der Waals surface area contributed by atoms with Gasteiger partial charge in [-0.15, -0.1) is 0 Å². The van der Waals surface area contributed by atoms with Crippen LogP contribution in [0, 0.1) is 0 Å². The van der Waals surface area contributed by atoms with Crippen molar-refractivity contribution < 1.29 is 8.42 Å². The summed E-state index contributed by atoms with van der Waals surface area (Å²) < 4.78 is 23.0. The average molecular weight is 344 g/mol. The molecule has 1 aromatic carbocycles. The minimum absolute atomic E-state index is 0.134. The Labute approximate surface area is 137 Å². The molecule has 0 aromatic heterocycles. The molecule has 2 N–H and O–H groups in total. The molecule has 5 nitrogen and oxygen atoms in total. The molecule has 0 unspecified atom stereocenters. The van der Waals surface area contributed by atoms with Crippen molar-refractivity contribution in [3.63, 3.8) is 0 Å². The van der Waals surface area contributed by atoms with Crippen LogP contribution in [-0.4, -0.2) is 45.2 Å². The van der Waals surface area contributed by atoms with E-state index in [1.54, 1.807) is 30.9 Å². The third-order valence-corrected chi connectivity index (χ3v) is 5.65. The van der Waals surface area contributed by atoms with Crippen molar-refractivity contribution in [1.29, 1.82) is 0 Å². The van der Waals surface area contributed by atoms with Gasteiger partial charge in [0.2, 0.25) is 0 Å². The Bertz CT molecular complexity index is 608. The number of hydrogen-bond acceptors (Lipinski definition) is 4. The maximum atomic E-state index is 11.4. The monoisotopic (exact) mass is 343 g/mol. The van der Waals surface area contributed by atoms with Crippen LogP contribution in [0.5, 0.6) is 0 Å². The first-order valence-electron chi connectivity index (χ1n) is 6.96. The number of guanidine groups is 1. The molecule has 7 heteroatoms. The van der Waals surface area contributed by atoms with Gasteiger partial charge in [0.1, 0.15) is 0 Å². The van der Waals surface area contributed by atoms with E-state index in [2.05, 4.69) is 35.7 Å². The molecule has 0 saturated heterocycles. The predicted molar refractivity (Wildman–Crippen MR) is 95.3 cm³/mol. The maximum Gasteiger partial charge on any atom is 0.191 e. The van der Waals surface area contributed by atoms with Crippen LogP contribution >= 0.6 is 11.8 Å². The first-order valence-corrected chi connectivity index (χ1v) is 10.1. The SMILES string of the molecule is CN=C(NCc1ccc(S(C)(=O)=O)cc1)NCC(C)(C)SC. The van der Waals surface area contributed by atoms with Gasteiger partial charge in [-0.2, -0.15) is 11.8 Å². The normalized spacial score (nSPS) is 13.0. The highest BCUT2D eigenvalue weighted by Crippen LogP contribution is 2.19. The number of nitrogens with zero attached hydrogens (tertiary/aromatic N) is 1. The Balaban J connectivity index is 2.57. The molecule has 0 atom stereocenters. The quantitative estimate of drug-likeness (QED) is 0.610. The van der Waals surface area contributed by atoms with Crippen LogP contribution in [0.4, 0.5) is 0 Å². The van der Waals surface area contributed by atoms with E-state index in [1.165, 1.54) is 6.26 Å². The molecule has 1 rings (SSSR count). The van der Waals surface area contributed by atoms with Gasteiger partial charge in [0.15, 0.2) is 15.8 Å². The van der Waals surface area contributed by atoms with Gasteiger partial charge >= 0.3 is 0 Å². The Morgan fingerprint density at radius 2 is 1.82 bits per heavy atom. The Kier molecular flexibility index (Phi) is 6.74. The summed E-state index contributed by atoms with van der Waals surface area (Å²) in [5.74, 6) is 0.731. The summed E-state index contributed by atoms with van der Waals surface area (Å²) in [5, 5.41) is 6.51. The molecule has 0 saturated carbocycles. The van der Waals surface area contributed by atoms with E-state index < -0.39 is 9.84 Å². The van der Waals surface area contributed by atoms with E-state index in [1.807, 2.05) is 12.1 Å². The number of thioether (sulfide) groups is 1. The van der Waals surface area contributed by atoms with Crippen molar-refractivity contribution in [2.45, 2.75) is 30.0 Å². The number of aliphatic imine (C=N–C) groups is 1. The van der Waals surface area contributed by atoms with Gasteiger partial charge in [-0.3, -0.25) is 4.99 Å². The topological polar surface area (TPSA) is 70.6 Å². The lowest BCUT2D eigenvalue weighted by Gasteiger charge is -2.23. The van der Waals surface area contributed by atoms with E-state index >= 15 is 0 Å². The first-order chi connectivity index (χ1) is 10.2. The first kappa shape index (κ1) is 18.8. The van der Waals surface area contributed by atoms with Crippen LogP contribution in [0.2, 0.25) is 0 Å². The fraction of sp³-hybridized carbons (Fsp3) is 0.533. The smallest absolute Gasteiger partial charge is 0.191 e. The van der Waals surface area contributed by atoms with E-state index in [0.717, 1.165) is 18.1 Å². The second-order valence-corrected chi connectivity index (χ2v) is 9.19. The van der Waals surface area contributed by atoms with Crippen LogP contribution < -0.4 is 10.6 Å². The Morgan fingerprint density at radius 3 is 2.27 bits per heavy atom. The molecule has 0 aliphatic carbocycles. The zero-order valence-corrected chi connectivity index (χ0v) is 15.4. The molecule has 0 heterocycles. The van der Waals surface area contributed by atoms with Gasteiger partial charge in [-0.25, -0.2) is 8.42 Å². The van der Waals surface area contributed by atoms with Gasteiger partial charge in [-0.1, -0.05) is 12.1 Å². The highest BCUT2D eigenvalue weighted by Gasteiger charge is 2.16. The molecular formula is C15H25N3O2S2. The number of nitrogens with one attached hydrogen (secondary N) is 2. The van der Waals surface area contributed by atoms with Crippen molar-refractivity contribution in [2.75, 3.05) is 26.1 Å². The number of rotatable bonds is 6. The van der Waals surface area contributed by atoms with Crippen LogP contribution in [0.1, 0.15) is 19.4 Å². The molecule has 0 fully saturated rings. The largest absolute Gasteiger partial charge is 0.355 e. The van der Waals surface area contributed by atoms with Gasteiger partial charge < -0.3 is 10.6 Å². The van der Waals surface area contributed by atoms with Crippen LogP contribution in [0.25, 0.3) is 0 Å². The Hall–Kier alpha value is -1.21. The minimum atomic E-state index is -3.14. The van der Waals surface area contributed by atoms with Crippen LogP contribution in [0.3, 0.4) is 0 Å². The third kappa shape index (κ3) is 6.27. The van der Waals surface area contributed by atoms with Crippen molar-refractivity contribution >= 4 is 27.6 Å². The van der Waals surface area contributed by atoms with E-state index in [9.17, 15) is 8.42 Å². The Morgan fingerprint density at radius 1 is 1.23 bits per heavy atom. The summed E-state index contributed by atoms with van der Waals surface area (Å²) in [6.45, 7) is 5.73. The predicted octanol–water partition coefficient (Wildman–Crippen LogP) is 1.90. The average Bonchev–Trinajstić information content (AvgIpc) is 2.47. The molecule has 0 radical (unpaired) electrons. The van der Waals surface area contributed by atoms with Crippen LogP contribution in [0.15, 0.2) is 34.2 Å². The fourth-order valence-corrected chi connectivity index (χ4v) is 2.48. The molecule has 124 valence electrons. The van der Waals surface area contributed by atoms with Crippen molar-refractivity contribution in [1.82, 2.24) is 10.6 Å². The second-order valence-electron chi connectivity index (χ2n) is 5.66. The summed E-state index contributed by atoms with van der Waals surface area (Å²) >= 11 is 1.80. The summed E-state index contributed by atoms with van der Waals surface area (Å²) in [4.78, 5) is 4.52. The minimum Gasteiger partial charge on any atom is -0.355 e. The molecule has 22 heavy (non-hydrogen) atoms. The molecule has 0 bridgehead atoms. The zero-order chi connectivity index (χ0) is 16.8. The summed E-state index contributed by atoms with van der Waals surface area (Å²) in [6, 6.07) is 6.86. The summed E-state index contributed by atoms with van der Waals surface area (Å²) in [7, 11) is -1.41. The number of benzene rings is 1. The summed E-state index contributed by atoms with van der Waals surface area (Å²) in [5.41, 5.74) is 1.000. The lowest BCUT2D eigenvalue weighted by Crippen LogP contribution is -2.42. The van der Waals surface area contributed by atoms with E-state index in [-0.39, 0.29) is 4.75 Å². The molecule has 0 aliphatic heterocycles. The van der Waals surface area contributed by atoms with Gasteiger partial charge in [0.25, 0.3) is 0 Å². The van der Waals surface area contributed by atoms with Crippen molar-refractivity contribution in [3.8, 4) is 0 Å². The highest BCUT2D eigenvalue weighted by molar-refractivity contribution is 7.99. The molecule has 0 aliphatic rings. The molecule has 1 aromatic rings. The third-order valence-electron chi connectivity index (χ3n) is 3.27. The van der Waals surface area contributed by atoms with E-state index in [0.29, 0.717) is 11.4 Å². The van der Waals surface area contributed by atoms with Crippen molar-refractivity contribution in [2.24, 2.45) is 4.99 Å². The highest BCUT2D eigenvalue weighted by atomic mass is 32.2. The zero-order valence-electron chi connectivity index (χ0n) is 13.8. The molecule has 0 amide bonds. The summed E-state index contributed by atoms with van der Waals surface area (Å²) in [6.07, 6.45) is 3.29. The van der Waals surface area contributed by atoms with Crippen molar-refractivity contribution in [3.05, 3.63) is 29.8 Å². The lowest BCUT2D eigenvalue weighted by molar-refractivity contribution is 0.602. The van der Waals surface area contributed by atoms with E-state index in [4.69, 9.17) is 0 Å². The maximum absolute atomic E-state index is 11.4.